The van der Waals surface area contributed by atoms with Gasteiger partial charge in [0.1, 0.15) is 0 Å². The molecule has 0 atom stereocenters. The van der Waals surface area contributed by atoms with Crippen LogP contribution in [0.4, 0.5) is 0 Å². The van der Waals surface area contributed by atoms with Gasteiger partial charge in [0.2, 0.25) is 5.91 Å². The number of hydrogen-bond donors (Lipinski definition) is 2. The molecule has 0 bridgehead atoms. The zero-order valence-electron chi connectivity index (χ0n) is 10.4. The lowest BCUT2D eigenvalue weighted by molar-refractivity contribution is -0.120. The quantitative estimate of drug-likeness (QED) is 0.838. The van der Waals surface area contributed by atoms with Crippen LogP contribution < -0.4 is 5.32 Å². The predicted molar refractivity (Wildman–Crippen MR) is 70.2 cm³/mol. The van der Waals surface area contributed by atoms with Crippen molar-refractivity contribution in [3.05, 3.63) is 53.3 Å². The first-order valence-corrected chi connectivity index (χ1v) is 6.04. The van der Waals surface area contributed by atoms with Crippen LogP contribution in [0.1, 0.15) is 16.8 Å². The SMILES string of the molecule is Cc1cccc(CC(=O)NCCc2ccn[nH]2)c1. The molecule has 4 heteroatoms. The second kappa shape index (κ2) is 6.00. The summed E-state index contributed by atoms with van der Waals surface area (Å²) in [5.74, 6) is 0.0557. The third kappa shape index (κ3) is 3.73. The van der Waals surface area contributed by atoms with Crippen molar-refractivity contribution < 1.29 is 4.79 Å². The number of aryl methyl sites for hydroxylation is 1. The topological polar surface area (TPSA) is 57.8 Å². The molecular weight excluding hydrogens is 226 g/mol. The smallest absolute Gasteiger partial charge is 0.224 e. The van der Waals surface area contributed by atoms with Crippen molar-refractivity contribution in [1.29, 1.82) is 0 Å². The number of carbonyl (C=O) groups excluding carboxylic acids is 1. The van der Waals surface area contributed by atoms with E-state index in [1.807, 2.05) is 37.3 Å². The van der Waals surface area contributed by atoms with Crippen LogP contribution in [0.15, 0.2) is 36.5 Å². The summed E-state index contributed by atoms with van der Waals surface area (Å²) in [6.45, 7) is 2.66. The van der Waals surface area contributed by atoms with E-state index in [9.17, 15) is 4.79 Å². The van der Waals surface area contributed by atoms with E-state index in [4.69, 9.17) is 0 Å². The third-order valence-electron chi connectivity index (χ3n) is 2.72. The molecule has 1 aromatic heterocycles. The van der Waals surface area contributed by atoms with Gasteiger partial charge in [0.05, 0.1) is 6.42 Å². The minimum Gasteiger partial charge on any atom is -0.355 e. The van der Waals surface area contributed by atoms with E-state index in [0.29, 0.717) is 13.0 Å². The van der Waals surface area contributed by atoms with Gasteiger partial charge < -0.3 is 5.32 Å². The third-order valence-corrected chi connectivity index (χ3v) is 2.72. The second-order valence-corrected chi connectivity index (χ2v) is 4.35. The summed E-state index contributed by atoms with van der Waals surface area (Å²) in [5, 5.41) is 9.63. The molecule has 1 heterocycles. The number of nitrogens with zero attached hydrogens (tertiary/aromatic N) is 1. The molecule has 0 aliphatic carbocycles. The van der Waals surface area contributed by atoms with Gasteiger partial charge in [0.15, 0.2) is 0 Å². The molecule has 2 aromatic rings. The first kappa shape index (κ1) is 12.4. The Morgan fingerprint density at radius 3 is 3.00 bits per heavy atom. The van der Waals surface area contributed by atoms with E-state index in [1.165, 1.54) is 5.56 Å². The summed E-state index contributed by atoms with van der Waals surface area (Å²) in [7, 11) is 0. The maximum atomic E-state index is 11.7. The van der Waals surface area contributed by atoms with Crippen LogP contribution in [0, 0.1) is 6.92 Å². The largest absolute Gasteiger partial charge is 0.355 e. The molecule has 94 valence electrons. The average Bonchev–Trinajstić information content (AvgIpc) is 2.82. The van der Waals surface area contributed by atoms with Gasteiger partial charge in [-0.3, -0.25) is 9.89 Å². The van der Waals surface area contributed by atoms with Crippen molar-refractivity contribution in [3.63, 3.8) is 0 Å². The highest BCUT2D eigenvalue weighted by Gasteiger charge is 2.03. The molecule has 4 nitrogen and oxygen atoms in total. The summed E-state index contributed by atoms with van der Waals surface area (Å²) in [5.41, 5.74) is 3.26. The molecule has 0 saturated carbocycles. The number of rotatable bonds is 5. The monoisotopic (exact) mass is 243 g/mol. The molecule has 0 radical (unpaired) electrons. The number of aromatic amines is 1. The van der Waals surface area contributed by atoms with Crippen molar-refractivity contribution in [2.45, 2.75) is 19.8 Å². The van der Waals surface area contributed by atoms with Gasteiger partial charge in [-0.25, -0.2) is 0 Å². The van der Waals surface area contributed by atoms with Crippen LogP contribution in [0.2, 0.25) is 0 Å². The number of carbonyl (C=O) groups is 1. The Kier molecular flexibility index (Phi) is 4.12. The van der Waals surface area contributed by atoms with Crippen LogP contribution in [0.25, 0.3) is 0 Å². The minimum atomic E-state index is 0.0557. The maximum Gasteiger partial charge on any atom is 0.224 e. The molecular formula is C14H17N3O. The second-order valence-electron chi connectivity index (χ2n) is 4.35. The number of H-pyrrole nitrogens is 1. The number of amides is 1. The van der Waals surface area contributed by atoms with Gasteiger partial charge in [0.25, 0.3) is 0 Å². The van der Waals surface area contributed by atoms with Crippen LogP contribution >= 0.6 is 0 Å². The molecule has 1 amide bonds. The van der Waals surface area contributed by atoms with Gasteiger partial charge in [-0.05, 0) is 18.6 Å². The number of benzene rings is 1. The Bertz CT molecular complexity index is 506. The molecule has 0 fully saturated rings. The molecule has 0 saturated heterocycles. The van der Waals surface area contributed by atoms with Crippen LogP contribution in [0.3, 0.4) is 0 Å². The highest BCUT2D eigenvalue weighted by atomic mass is 16.1. The molecule has 2 rings (SSSR count). The van der Waals surface area contributed by atoms with Crippen LogP contribution in [-0.4, -0.2) is 22.6 Å². The Hall–Kier alpha value is -2.10. The van der Waals surface area contributed by atoms with E-state index in [0.717, 1.165) is 17.7 Å². The molecule has 0 unspecified atom stereocenters. The van der Waals surface area contributed by atoms with E-state index in [2.05, 4.69) is 15.5 Å². The Balaban J connectivity index is 1.75. The summed E-state index contributed by atoms with van der Waals surface area (Å²) in [4.78, 5) is 11.7. The van der Waals surface area contributed by atoms with Gasteiger partial charge in [0, 0.05) is 24.9 Å². The number of aromatic nitrogens is 2. The van der Waals surface area contributed by atoms with E-state index in [1.54, 1.807) is 6.20 Å². The fraction of sp³-hybridized carbons (Fsp3) is 0.286. The molecule has 0 spiro atoms. The molecule has 1 aromatic carbocycles. The lowest BCUT2D eigenvalue weighted by atomic mass is 10.1. The van der Waals surface area contributed by atoms with Crippen molar-refractivity contribution >= 4 is 5.91 Å². The van der Waals surface area contributed by atoms with Crippen LogP contribution in [0.5, 0.6) is 0 Å². The number of hydrogen-bond acceptors (Lipinski definition) is 2. The average molecular weight is 243 g/mol. The first-order chi connectivity index (χ1) is 8.74. The van der Waals surface area contributed by atoms with E-state index >= 15 is 0 Å². The summed E-state index contributed by atoms with van der Waals surface area (Å²) in [6, 6.07) is 9.92. The molecule has 18 heavy (non-hydrogen) atoms. The van der Waals surface area contributed by atoms with Crippen molar-refractivity contribution in [1.82, 2.24) is 15.5 Å². The summed E-state index contributed by atoms with van der Waals surface area (Å²) < 4.78 is 0. The van der Waals surface area contributed by atoms with Crippen LogP contribution in [-0.2, 0) is 17.6 Å². The highest BCUT2D eigenvalue weighted by Crippen LogP contribution is 2.04. The molecule has 0 aliphatic heterocycles. The van der Waals surface area contributed by atoms with Crippen molar-refractivity contribution in [3.8, 4) is 0 Å². The van der Waals surface area contributed by atoms with Gasteiger partial charge in [-0.15, -0.1) is 0 Å². The Labute approximate surface area is 106 Å². The van der Waals surface area contributed by atoms with Gasteiger partial charge in [-0.2, -0.15) is 5.10 Å². The highest BCUT2D eigenvalue weighted by molar-refractivity contribution is 5.78. The first-order valence-electron chi connectivity index (χ1n) is 6.04. The zero-order valence-corrected chi connectivity index (χ0v) is 10.4. The van der Waals surface area contributed by atoms with Gasteiger partial charge >= 0.3 is 0 Å². The fourth-order valence-corrected chi connectivity index (χ4v) is 1.83. The standard InChI is InChI=1S/C14H17N3O/c1-11-3-2-4-12(9-11)10-14(18)15-7-5-13-6-8-16-17-13/h2-4,6,8-9H,5,7,10H2,1H3,(H,15,18)(H,16,17). The zero-order chi connectivity index (χ0) is 12.8. The minimum absolute atomic E-state index is 0.0557. The normalized spacial score (nSPS) is 10.3. The maximum absolute atomic E-state index is 11.7. The van der Waals surface area contributed by atoms with Crippen molar-refractivity contribution in [2.24, 2.45) is 0 Å². The van der Waals surface area contributed by atoms with E-state index in [-0.39, 0.29) is 5.91 Å². The Morgan fingerprint density at radius 2 is 2.28 bits per heavy atom. The van der Waals surface area contributed by atoms with E-state index < -0.39 is 0 Å². The van der Waals surface area contributed by atoms with Gasteiger partial charge in [-0.1, -0.05) is 29.8 Å². The summed E-state index contributed by atoms with van der Waals surface area (Å²) in [6.07, 6.45) is 2.92. The predicted octanol–water partition coefficient (Wildman–Crippen LogP) is 1.62. The molecule has 2 N–H and O–H groups in total. The van der Waals surface area contributed by atoms with Crippen molar-refractivity contribution in [2.75, 3.05) is 6.54 Å². The molecule has 0 aliphatic rings. The lowest BCUT2D eigenvalue weighted by Gasteiger charge is -2.05. The summed E-state index contributed by atoms with van der Waals surface area (Å²) >= 11 is 0. The fourth-order valence-electron chi connectivity index (χ4n) is 1.83. The lowest BCUT2D eigenvalue weighted by Crippen LogP contribution is -2.27. The Morgan fingerprint density at radius 1 is 1.39 bits per heavy atom. The number of nitrogens with one attached hydrogen (secondary N) is 2.